The summed E-state index contributed by atoms with van der Waals surface area (Å²) in [4.78, 5) is 19.7. The van der Waals surface area contributed by atoms with Crippen LogP contribution in [0.2, 0.25) is 0 Å². The minimum atomic E-state index is -0.319. The van der Waals surface area contributed by atoms with E-state index in [1.54, 1.807) is 31.0 Å². The van der Waals surface area contributed by atoms with Gasteiger partial charge in [-0.15, -0.1) is 24.0 Å². The first-order chi connectivity index (χ1) is 12.1. The molecule has 1 heterocycles. The number of rotatable bonds is 5. The maximum absolute atomic E-state index is 13.1. The van der Waals surface area contributed by atoms with Gasteiger partial charge in [0.05, 0.1) is 13.2 Å². The van der Waals surface area contributed by atoms with Gasteiger partial charge in [0.15, 0.2) is 5.96 Å². The van der Waals surface area contributed by atoms with Crippen molar-refractivity contribution in [2.75, 3.05) is 53.0 Å². The Morgan fingerprint density at radius 3 is 2.58 bits per heavy atom. The van der Waals surface area contributed by atoms with Crippen molar-refractivity contribution in [1.29, 1.82) is 0 Å². The zero-order valence-corrected chi connectivity index (χ0v) is 17.4. The number of hydrogen-bond donors (Lipinski definition) is 1. The maximum atomic E-state index is 13.1. The zero-order chi connectivity index (χ0) is 18.1. The predicted octanol–water partition coefficient (Wildman–Crippen LogP) is 2.17. The van der Waals surface area contributed by atoms with E-state index < -0.39 is 0 Å². The number of carbonyl (C=O) groups excluding carboxylic acids is 1. The molecule has 0 aromatic heterocycles. The highest BCUT2D eigenvalue weighted by atomic mass is 127. The molecule has 1 aromatic carbocycles. The van der Waals surface area contributed by atoms with Crippen molar-refractivity contribution in [3.8, 4) is 5.75 Å². The number of benzene rings is 1. The van der Waals surface area contributed by atoms with Gasteiger partial charge in [0.2, 0.25) is 0 Å². The summed E-state index contributed by atoms with van der Waals surface area (Å²) in [7, 11) is 1.72. The first kappa shape index (κ1) is 22.3. The minimum absolute atomic E-state index is 0. The molecule has 7 nitrogen and oxygen atoms in total. The molecule has 1 N–H and O–H groups in total. The highest BCUT2D eigenvalue weighted by molar-refractivity contribution is 14.0. The largest absolute Gasteiger partial charge is 0.492 e. The van der Waals surface area contributed by atoms with Gasteiger partial charge in [0.25, 0.3) is 0 Å². The van der Waals surface area contributed by atoms with Crippen molar-refractivity contribution >= 4 is 36.0 Å². The molecule has 9 heteroatoms. The van der Waals surface area contributed by atoms with E-state index in [9.17, 15) is 9.18 Å². The number of hydrogen-bond acceptors (Lipinski definition) is 4. The van der Waals surface area contributed by atoms with Crippen molar-refractivity contribution < 1.29 is 18.7 Å². The van der Waals surface area contributed by atoms with E-state index in [0.717, 1.165) is 5.96 Å². The van der Waals surface area contributed by atoms with Gasteiger partial charge in [-0.2, -0.15) is 0 Å². The molecule has 146 valence electrons. The van der Waals surface area contributed by atoms with Gasteiger partial charge in [-0.05, 0) is 19.1 Å². The number of carbonyl (C=O) groups is 1. The molecule has 1 saturated heterocycles. The van der Waals surface area contributed by atoms with E-state index in [4.69, 9.17) is 9.47 Å². The number of amides is 1. The summed E-state index contributed by atoms with van der Waals surface area (Å²) in [6.07, 6.45) is -0.270. The third-order valence-electron chi connectivity index (χ3n) is 3.77. The van der Waals surface area contributed by atoms with Crippen LogP contribution in [-0.2, 0) is 4.74 Å². The SMILES string of the molecule is CCOC(=O)N1CCN(C(=NC)NCCOc2cccc(F)c2)CC1.I. The number of aliphatic imine (C=N–C) groups is 1. The minimum Gasteiger partial charge on any atom is -0.492 e. The molecule has 2 rings (SSSR count). The summed E-state index contributed by atoms with van der Waals surface area (Å²) in [6, 6.07) is 6.05. The van der Waals surface area contributed by atoms with E-state index in [0.29, 0.717) is 51.7 Å². The van der Waals surface area contributed by atoms with Crippen LogP contribution in [0.25, 0.3) is 0 Å². The molecule has 1 amide bonds. The van der Waals surface area contributed by atoms with Gasteiger partial charge in [0, 0.05) is 39.3 Å². The Morgan fingerprint density at radius 2 is 1.96 bits per heavy atom. The summed E-state index contributed by atoms with van der Waals surface area (Å²) in [6.45, 7) is 5.68. The lowest BCUT2D eigenvalue weighted by molar-refractivity contribution is 0.0914. The van der Waals surface area contributed by atoms with E-state index in [2.05, 4.69) is 15.2 Å². The summed E-state index contributed by atoms with van der Waals surface area (Å²) in [5.74, 6) is 0.937. The zero-order valence-electron chi connectivity index (χ0n) is 15.1. The number of ether oxygens (including phenoxy) is 2. The molecule has 0 unspecified atom stereocenters. The van der Waals surface area contributed by atoms with Gasteiger partial charge in [0.1, 0.15) is 18.2 Å². The molecule has 0 spiro atoms. The van der Waals surface area contributed by atoms with Crippen molar-refractivity contribution in [2.45, 2.75) is 6.92 Å². The fourth-order valence-corrected chi connectivity index (χ4v) is 2.54. The molecule has 0 saturated carbocycles. The van der Waals surface area contributed by atoms with Crippen LogP contribution in [0.1, 0.15) is 6.92 Å². The summed E-state index contributed by atoms with van der Waals surface area (Å²) in [5, 5.41) is 3.22. The molecular weight excluding hydrogens is 454 g/mol. The van der Waals surface area contributed by atoms with Crippen molar-refractivity contribution in [1.82, 2.24) is 15.1 Å². The summed E-state index contributed by atoms with van der Waals surface area (Å²) in [5.41, 5.74) is 0. The van der Waals surface area contributed by atoms with Crippen LogP contribution in [-0.4, -0.2) is 74.8 Å². The smallest absolute Gasteiger partial charge is 0.409 e. The highest BCUT2D eigenvalue weighted by Gasteiger charge is 2.23. The highest BCUT2D eigenvalue weighted by Crippen LogP contribution is 2.11. The quantitative estimate of drug-likeness (QED) is 0.303. The van der Waals surface area contributed by atoms with Crippen LogP contribution < -0.4 is 10.1 Å². The normalized spacial score (nSPS) is 14.5. The molecule has 0 bridgehead atoms. The van der Waals surface area contributed by atoms with E-state index in [1.807, 2.05) is 0 Å². The molecule has 1 aromatic rings. The van der Waals surface area contributed by atoms with Gasteiger partial charge >= 0.3 is 6.09 Å². The van der Waals surface area contributed by atoms with Gasteiger partial charge in [-0.3, -0.25) is 4.99 Å². The summed E-state index contributed by atoms with van der Waals surface area (Å²) >= 11 is 0. The Bertz CT molecular complexity index is 595. The van der Waals surface area contributed by atoms with Crippen molar-refractivity contribution in [2.24, 2.45) is 4.99 Å². The molecule has 0 aliphatic carbocycles. The van der Waals surface area contributed by atoms with Crippen LogP contribution >= 0.6 is 24.0 Å². The van der Waals surface area contributed by atoms with Crippen molar-refractivity contribution in [3.63, 3.8) is 0 Å². The number of nitrogens with zero attached hydrogens (tertiary/aromatic N) is 3. The van der Waals surface area contributed by atoms with E-state index >= 15 is 0 Å². The standard InChI is InChI=1S/C17H25FN4O3.HI/c1-3-24-17(23)22-10-8-21(9-11-22)16(19-2)20-7-12-25-15-6-4-5-14(18)13-15;/h4-6,13H,3,7-12H2,1-2H3,(H,19,20);1H. The Labute approximate surface area is 170 Å². The third kappa shape index (κ3) is 6.85. The summed E-state index contributed by atoms with van der Waals surface area (Å²) < 4.78 is 23.6. The monoisotopic (exact) mass is 480 g/mol. The van der Waals surface area contributed by atoms with Gasteiger partial charge in [-0.25, -0.2) is 9.18 Å². The third-order valence-corrected chi connectivity index (χ3v) is 3.77. The number of halogens is 2. The molecule has 1 aliphatic heterocycles. The number of guanidine groups is 1. The maximum Gasteiger partial charge on any atom is 0.409 e. The number of nitrogens with one attached hydrogen (secondary N) is 1. The van der Waals surface area contributed by atoms with E-state index in [1.165, 1.54) is 12.1 Å². The lowest BCUT2D eigenvalue weighted by Gasteiger charge is -2.35. The average Bonchev–Trinajstić information content (AvgIpc) is 2.62. The van der Waals surface area contributed by atoms with Crippen LogP contribution in [0.3, 0.4) is 0 Å². The Hall–Kier alpha value is -1.78. The second-order valence-electron chi connectivity index (χ2n) is 5.45. The van der Waals surface area contributed by atoms with Crippen molar-refractivity contribution in [3.05, 3.63) is 30.1 Å². The fourth-order valence-electron chi connectivity index (χ4n) is 2.54. The first-order valence-corrected chi connectivity index (χ1v) is 8.39. The van der Waals surface area contributed by atoms with Crippen LogP contribution in [0.5, 0.6) is 5.75 Å². The molecule has 0 atom stereocenters. The topological polar surface area (TPSA) is 66.4 Å². The number of piperazine rings is 1. The average molecular weight is 480 g/mol. The molecule has 1 aliphatic rings. The van der Waals surface area contributed by atoms with Gasteiger partial charge < -0.3 is 24.6 Å². The Kier molecular flexibility index (Phi) is 10.1. The Balaban J connectivity index is 0.00000338. The molecular formula is C17H26FIN4O3. The Morgan fingerprint density at radius 1 is 1.27 bits per heavy atom. The molecule has 0 radical (unpaired) electrons. The lowest BCUT2D eigenvalue weighted by atomic mass is 10.3. The van der Waals surface area contributed by atoms with Crippen LogP contribution in [0.4, 0.5) is 9.18 Å². The van der Waals surface area contributed by atoms with E-state index in [-0.39, 0.29) is 35.9 Å². The predicted molar refractivity (Wildman–Crippen MR) is 109 cm³/mol. The van der Waals surface area contributed by atoms with Crippen LogP contribution in [0, 0.1) is 5.82 Å². The second kappa shape index (κ2) is 11.8. The van der Waals surface area contributed by atoms with Gasteiger partial charge in [-0.1, -0.05) is 6.07 Å². The van der Waals surface area contributed by atoms with Crippen LogP contribution in [0.15, 0.2) is 29.3 Å². The lowest BCUT2D eigenvalue weighted by Crippen LogP contribution is -2.54. The second-order valence-corrected chi connectivity index (χ2v) is 5.45. The first-order valence-electron chi connectivity index (χ1n) is 8.39. The molecule has 1 fully saturated rings. The molecule has 26 heavy (non-hydrogen) atoms. The fraction of sp³-hybridized carbons (Fsp3) is 0.529.